The molecule has 0 saturated carbocycles. The van der Waals surface area contributed by atoms with Crippen molar-refractivity contribution in [1.29, 1.82) is 0 Å². The van der Waals surface area contributed by atoms with E-state index in [1.165, 1.54) is 18.2 Å². The van der Waals surface area contributed by atoms with Gasteiger partial charge in [0.05, 0.1) is 11.9 Å². The molecule has 2 amide bonds. The van der Waals surface area contributed by atoms with Crippen LogP contribution in [0.5, 0.6) is 0 Å². The van der Waals surface area contributed by atoms with Gasteiger partial charge in [0.25, 0.3) is 0 Å². The van der Waals surface area contributed by atoms with Gasteiger partial charge in [0, 0.05) is 24.3 Å². The Kier molecular flexibility index (Phi) is 4.75. The zero-order valence-electron chi connectivity index (χ0n) is 14.6. The van der Waals surface area contributed by atoms with Crippen LogP contribution in [0.1, 0.15) is 27.9 Å². The number of aryl methyl sites for hydroxylation is 2. The molecule has 1 N–H and O–H groups in total. The zero-order chi connectivity index (χ0) is 18.8. The van der Waals surface area contributed by atoms with E-state index >= 15 is 0 Å². The number of hydrogen-bond acceptors (Lipinski definition) is 4. The van der Waals surface area contributed by atoms with Crippen LogP contribution in [0.3, 0.4) is 0 Å². The first-order valence-electron chi connectivity index (χ1n) is 8.34. The lowest BCUT2D eigenvalue weighted by Gasteiger charge is -2.18. The molecule has 134 valence electrons. The fourth-order valence-corrected chi connectivity index (χ4v) is 3.21. The fourth-order valence-electron chi connectivity index (χ4n) is 3.21. The Bertz CT molecular complexity index is 871. The molecule has 26 heavy (non-hydrogen) atoms. The monoisotopic (exact) mass is 351 g/mol. The maximum Gasteiger partial charge on any atom is 0.229 e. The summed E-state index contributed by atoms with van der Waals surface area (Å²) in [7, 11) is 0. The van der Waals surface area contributed by atoms with Crippen molar-refractivity contribution in [2.24, 2.45) is 5.92 Å². The Hall–Kier alpha value is -3.15. The van der Waals surface area contributed by atoms with E-state index in [0.29, 0.717) is 12.2 Å². The van der Waals surface area contributed by atoms with Crippen LogP contribution in [0.25, 0.3) is 0 Å². The van der Waals surface area contributed by atoms with Crippen molar-refractivity contribution < 1.29 is 19.5 Å². The number of amides is 2. The molecule has 0 unspecified atom stereocenters. The third-order valence-electron chi connectivity index (χ3n) is 4.38. The van der Waals surface area contributed by atoms with E-state index < -0.39 is 11.9 Å². The first-order valence-corrected chi connectivity index (χ1v) is 8.34. The molecule has 1 saturated heterocycles. The van der Waals surface area contributed by atoms with Gasteiger partial charge in [-0.3, -0.25) is 9.59 Å². The summed E-state index contributed by atoms with van der Waals surface area (Å²) in [5.41, 5.74) is 3.26. The van der Waals surface area contributed by atoms with Crippen molar-refractivity contribution in [3.05, 3.63) is 59.2 Å². The van der Waals surface area contributed by atoms with Crippen molar-refractivity contribution in [3.63, 3.8) is 0 Å². The molecule has 0 aliphatic carbocycles. The van der Waals surface area contributed by atoms with Gasteiger partial charge in [0.15, 0.2) is 0 Å². The predicted molar refractivity (Wildman–Crippen MR) is 95.8 cm³/mol. The topological polar surface area (TPSA) is 89.5 Å². The van der Waals surface area contributed by atoms with Gasteiger partial charge in [-0.2, -0.15) is 0 Å². The van der Waals surface area contributed by atoms with Crippen molar-refractivity contribution in [2.75, 3.05) is 16.8 Å². The molecule has 6 heteroatoms. The van der Waals surface area contributed by atoms with Gasteiger partial charge in [-0.05, 0) is 54.8 Å². The Labute approximate surface area is 151 Å². The second-order valence-electron chi connectivity index (χ2n) is 6.61. The van der Waals surface area contributed by atoms with Crippen LogP contribution in [-0.2, 0) is 9.59 Å². The van der Waals surface area contributed by atoms with Crippen molar-refractivity contribution in [1.82, 2.24) is 0 Å². The molecule has 1 atom stereocenters. The molecular formula is C20H19N2O4-. The van der Waals surface area contributed by atoms with Gasteiger partial charge in [-0.1, -0.05) is 18.2 Å². The molecular weight excluding hydrogens is 332 g/mol. The number of carboxylic acid groups (broad SMARTS) is 1. The minimum absolute atomic E-state index is 0.0119. The molecule has 1 aliphatic heterocycles. The smallest absolute Gasteiger partial charge is 0.229 e. The summed E-state index contributed by atoms with van der Waals surface area (Å²) in [5, 5.41) is 13.6. The van der Waals surface area contributed by atoms with Crippen LogP contribution in [0.2, 0.25) is 0 Å². The standard InChI is InChI=1S/C20H20N2O4/c1-12-6-13(2)8-17(7-12)22-11-15(10-18(22)23)19(24)21-16-5-3-4-14(9-16)20(25)26/h3-9,15H,10-11H2,1-2H3,(H,21,24)(H,25,26)/p-1/t15-/m1/s1. The summed E-state index contributed by atoms with van der Waals surface area (Å²) < 4.78 is 0. The first kappa shape index (κ1) is 17.7. The maximum absolute atomic E-state index is 12.5. The van der Waals surface area contributed by atoms with Crippen molar-refractivity contribution >= 4 is 29.2 Å². The lowest BCUT2D eigenvalue weighted by atomic mass is 10.1. The first-order chi connectivity index (χ1) is 12.3. The Morgan fingerprint density at radius 3 is 2.46 bits per heavy atom. The molecule has 0 spiro atoms. The number of nitrogens with zero attached hydrogens (tertiary/aromatic N) is 1. The second-order valence-corrected chi connectivity index (χ2v) is 6.61. The largest absolute Gasteiger partial charge is 0.545 e. The molecule has 0 aromatic heterocycles. The third kappa shape index (κ3) is 3.74. The number of carbonyl (C=O) groups excluding carboxylic acids is 3. The van der Waals surface area contributed by atoms with E-state index in [-0.39, 0.29) is 23.8 Å². The van der Waals surface area contributed by atoms with Crippen LogP contribution in [-0.4, -0.2) is 24.3 Å². The quantitative estimate of drug-likeness (QED) is 0.907. The number of hydrogen-bond donors (Lipinski definition) is 1. The number of rotatable bonds is 4. The number of nitrogens with one attached hydrogen (secondary N) is 1. The highest BCUT2D eigenvalue weighted by atomic mass is 16.4. The lowest BCUT2D eigenvalue weighted by molar-refractivity contribution is -0.255. The highest BCUT2D eigenvalue weighted by Gasteiger charge is 2.35. The average Bonchev–Trinajstić information content (AvgIpc) is 2.96. The second kappa shape index (κ2) is 7.00. The highest BCUT2D eigenvalue weighted by molar-refractivity contribution is 6.03. The van der Waals surface area contributed by atoms with Crippen LogP contribution in [0.4, 0.5) is 11.4 Å². The molecule has 0 bridgehead atoms. The summed E-state index contributed by atoms with van der Waals surface area (Å²) in [6.07, 6.45) is 0.124. The van der Waals surface area contributed by atoms with Gasteiger partial charge in [-0.15, -0.1) is 0 Å². The summed E-state index contributed by atoms with van der Waals surface area (Å²) in [6, 6.07) is 11.7. The number of benzene rings is 2. The van der Waals surface area contributed by atoms with Crippen LogP contribution in [0.15, 0.2) is 42.5 Å². The number of anilines is 2. The molecule has 2 aromatic rings. The molecule has 3 rings (SSSR count). The lowest BCUT2D eigenvalue weighted by Crippen LogP contribution is -2.28. The Morgan fingerprint density at radius 2 is 1.81 bits per heavy atom. The Balaban J connectivity index is 1.73. The van der Waals surface area contributed by atoms with Crippen molar-refractivity contribution in [3.8, 4) is 0 Å². The van der Waals surface area contributed by atoms with Crippen LogP contribution >= 0.6 is 0 Å². The minimum atomic E-state index is -1.31. The van der Waals surface area contributed by atoms with Crippen LogP contribution < -0.4 is 15.3 Å². The summed E-state index contributed by atoms with van der Waals surface area (Å²) in [6.45, 7) is 4.23. The number of aromatic carboxylic acids is 1. The van der Waals surface area contributed by atoms with E-state index in [1.807, 2.05) is 32.0 Å². The third-order valence-corrected chi connectivity index (χ3v) is 4.38. The maximum atomic E-state index is 12.5. The summed E-state index contributed by atoms with van der Waals surface area (Å²) >= 11 is 0. The van der Waals surface area contributed by atoms with Gasteiger partial charge in [0.2, 0.25) is 11.8 Å². The zero-order valence-corrected chi connectivity index (χ0v) is 14.6. The Morgan fingerprint density at radius 1 is 1.12 bits per heavy atom. The van der Waals surface area contributed by atoms with Gasteiger partial charge >= 0.3 is 0 Å². The summed E-state index contributed by atoms with van der Waals surface area (Å²) in [5.74, 6) is -2.20. The average molecular weight is 351 g/mol. The van der Waals surface area contributed by atoms with E-state index in [0.717, 1.165) is 16.8 Å². The van der Waals surface area contributed by atoms with E-state index in [2.05, 4.69) is 5.32 Å². The number of carboxylic acids is 1. The van der Waals surface area contributed by atoms with E-state index in [9.17, 15) is 19.5 Å². The van der Waals surface area contributed by atoms with Crippen molar-refractivity contribution in [2.45, 2.75) is 20.3 Å². The molecule has 1 heterocycles. The molecule has 1 fully saturated rings. The SMILES string of the molecule is Cc1cc(C)cc(N2C[C@H](C(=O)Nc3cccc(C(=O)[O-])c3)CC2=O)c1. The fraction of sp³-hybridized carbons (Fsp3) is 0.250. The van der Waals surface area contributed by atoms with E-state index in [4.69, 9.17) is 0 Å². The van der Waals surface area contributed by atoms with Gasteiger partial charge in [0.1, 0.15) is 0 Å². The number of carbonyl (C=O) groups is 3. The van der Waals surface area contributed by atoms with Gasteiger partial charge in [-0.25, -0.2) is 0 Å². The molecule has 1 aliphatic rings. The normalized spacial score (nSPS) is 16.6. The summed E-state index contributed by atoms with van der Waals surface area (Å²) in [4.78, 5) is 37.4. The highest BCUT2D eigenvalue weighted by Crippen LogP contribution is 2.27. The molecule has 6 nitrogen and oxygen atoms in total. The van der Waals surface area contributed by atoms with Gasteiger partial charge < -0.3 is 20.1 Å². The predicted octanol–water partition coefficient (Wildman–Crippen LogP) is 1.66. The van der Waals surface area contributed by atoms with E-state index in [1.54, 1.807) is 11.0 Å². The van der Waals surface area contributed by atoms with Crippen LogP contribution in [0, 0.1) is 19.8 Å². The minimum Gasteiger partial charge on any atom is -0.545 e. The molecule has 0 radical (unpaired) electrons. The molecule has 2 aromatic carbocycles.